The third-order valence-electron chi connectivity index (χ3n) is 2.11. The third kappa shape index (κ3) is 1.60. The molecule has 0 saturated heterocycles. The first-order valence-electron chi connectivity index (χ1n) is 4.20. The van der Waals surface area contributed by atoms with E-state index in [-0.39, 0.29) is 5.78 Å². The molecule has 3 heteroatoms. The first-order chi connectivity index (χ1) is 6.61. The van der Waals surface area contributed by atoms with Crippen LogP contribution in [0.5, 0.6) is 5.75 Å². The van der Waals surface area contributed by atoms with Crippen LogP contribution in [-0.4, -0.2) is 12.9 Å². The van der Waals surface area contributed by atoms with Gasteiger partial charge in [-0.05, 0) is 26.0 Å². The van der Waals surface area contributed by atoms with E-state index in [1.54, 1.807) is 19.1 Å². The van der Waals surface area contributed by atoms with Crippen molar-refractivity contribution in [2.45, 2.75) is 13.8 Å². The summed E-state index contributed by atoms with van der Waals surface area (Å²) in [5.74, 6) is 0.521. The lowest BCUT2D eigenvalue weighted by Gasteiger charge is -2.09. The number of carbonyl (C=O) groups is 1. The summed E-state index contributed by atoms with van der Waals surface area (Å²) in [6.07, 6.45) is 0. The molecule has 0 spiro atoms. The first kappa shape index (κ1) is 10.3. The molecule has 0 unspecified atom stereocenters. The Hall–Kier alpha value is -1.82. The Bertz CT molecular complexity index is 416. The number of nitrogens with zero attached hydrogens (tertiary/aromatic N) is 1. The van der Waals surface area contributed by atoms with Gasteiger partial charge in [-0.25, -0.2) is 0 Å². The summed E-state index contributed by atoms with van der Waals surface area (Å²) >= 11 is 0. The second kappa shape index (κ2) is 3.93. The molecular formula is C11H11NO2. The van der Waals surface area contributed by atoms with Crippen molar-refractivity contribution in [3.05, 3.63) is 28.8 Å². The minimum atomic E-state index is -0.113. The molecule has 0 N–H and O–H groups in total. The fraction of sp³-hybridized carbons (Fsp3) is 0.273. The molecule has 72 valence electrons. The Labute approximate surface area is 82.9 Å². The normalized spacial score (nSPS) is 9.29. The van der Waals surface area contributed by atoms with Crippen molar-refractivity contribution in [2.24, 2.45) is 0 Å². The number of hydrogen-bond acceptors (Lipinski definition) is 3. The van der Waals surface area contributed by atoms with Crippen LogP contribution in [-0.2, 0) is 0 Å². The lowest BCUT2D eigenvalue weighted by molar-refractivity contribution is 0.101. The standard InChI is InChI=1S/C11H11NO2/c1-7-10(14-3)5-4-9(6-12)11(7)8(2)13/h4-5H,1-3H3. The SMILES string of the molecule is COc1ccc(C#N)c(C(C)=O)c1C. The smallest absolute Gasteiger partial charge is 0.161 e. The van der Waals surface area contributed by atoms with E-state index in [2.05, 4.69) is 0 Å². The summed E-state index contributed by atoms with van der Waals surface area (Å²) in [6.45, 7) is 3.22. The maximum atomic E-state index is 11.3. The molecule has 0 amide bonds. The van der Waals surface area contributed by atoms with E-state index in [0.29, 0.717) is 16.9 Å². The molecule has 0 aromatic heterocycles. The number of methoxy groups -OCH3 is 1. The Morgan fingerprint density at radius 1 is 1.50 bits per heavy atom. The lowest BCUT2D eigenvalue weighted by Crippen LogP contribution is -2.02. The molecule has 1 aromatic rings. The molecule has 3 nitrogen and oxygen atoms in total. The average Bonchev–Trinajstić information content (AvgIpc) is 2.16. The Morgan fingerprint density at radius 3 is 2.57 bits per heavy atom. The van der Waals surface area contributed by atoms with Crippen molar-refractivity contribution >= 4 is 5.78 Å². The van der Waals surface area contributed by atoms with Gasteiger partial charge in [0.2, 0.25) is 0 Å². The lowest BCUT2D eigenvalue weighted by atomic mass is 9.99. The molecular weight excluding hydrogens is 178 g/mol. The van der Waals surface area contributed by atoms with E-state index in [1.807, 2.05) is 6.07 Å². The number of ketones is 1. The molecule has 14 heavy (non-hydrogen) atoms. The Balaban J connectivity index is 3.49. The molecule has 1 aromatic carbocycles. The molecule has 0 fully saturated rings. The fourth-order valence-electron chi connectivity index (χ4n) is 1.46. The van der Waals surface area contributed by atoms with Gasteiger partial charge >= 0.3 is 0 Å². The van der Waals surface area contributed by atoms with E-state index in [9.17, 15) is 4.79 Å². The van der Waals surface area contributed by atoms with Crippen LogP contribution in [0, 0.1) is 18.3 Å². The summed E-state index contributed by atoms with van der Waals surface area (Å²) in [5, 5.41) is 8.81. The highest BCUT2D eigenvalue weighted by Crippen LogP contribution is 2.24. The van der Waals surface area contributed by atoms with E-state index in [4.69, 9.17) is 10.00 Å². The van der Waals surface area contributed by atoms with Gasteiger partial charge < -0.3 is 4.74 Å². The third-order valence-corrected chi connectivity index (χ3v) is 2.11. The summed E-state index contributed by atoms with van der Waals surface area (Å²) < 4.78 is 5.07. The number of rotatable bonds is 2. The van der Waals surface area contributed by atoms with Crippen LogP contribution in [0.4, 0.5) is 0 Å². The minimum Gasteiger partial charge on any atom is -0.496 e. The van der Waals surface area contributed by atoms with Gasteiger partial charge in [0.15, 0.2) is 5.78 Å². The molecule has 0 saturated carbocycles. The summed E-state index contributed by atoms with van der Waals surface area (Å²) in [4.78, 5) is 11.3. The van der Waals surface area contributed by atoms with Gasteiger partial charge in [-0.3, -0.25) is 4.79 Å². The summed E-state index contributed by atoms with van der Waals surface area (Å²) in [7, 11) is 1.54. The highest BCUT2D eigenvalue weighted by molar-refractivity contribution is 5.98. The topological polar surface area (TPSA) is 50.1 Å². The second-order valence-corrected chi connectivity index (χ2v) is 2.98. The van der Waals surface area contributed by atoms with Crippen molar-refractivity contribution in [1.29, 1.82) is 5.26 Å². The monoisotopic (exact) mass is 189 g/mol. The van der Waals surface area contributed by atoms with Crippen molar-refractivity contribution in [2.75, 3.05) is 7.11 Å². The number of benzene rings is 1. The highest BCUT2D eigenvalue weighted by Gasteiger charge is 2.13. The van der Waals surface area contributed by atoms with Crippen LogP contribution in [0.3, 0.4) is 0 Å². The number of ether oxygens (including phenoxy) is 1. The van der Waals surface area contributed by atoms with Crippen LogP contribution in [0.15, 0.2) is 12.1 Å². The van der Waals surface area contributed by atoms with E-state index in [1.165, 1.54) is 14.0 Å². The number of carbonyl (C=O) groups excluding carboxylic acids is 1. The van der Waals surface area contributed by atoms with Crippen LogP contribution in [0.1, 0.15) is 28.4 Å². The van der Waals surface area contributed by atoms with Gasteiger partial charge in [0, 0.05) is 11.1 Å². The van der Waals surface area contributed by atoms with E-state index < -0.39 is 0 Å². The minimum absolute atomic E-state index is 0.113. The summed E-state index contributed by atoms with van der Waals surface area (Å²) in [6, 6.07) is 5.29. The average molecular weight is 189 g/mol. The molecule has 0 aliphatic carbocycles. The van der Waals surface area contributed by atoms with Gasteiger partial charge in [0.25, 0.3) is 0 Å². The van der Waals surface area contributed by atoms with Crippen molar-refractivity contribution in [3.8, 4) is 11.8 Å². The number of hydrogen-bond donors (Lipinski definition) is 0. The van der Waals surface area contributed by atoms with Crippen molar-refractivity contribution in [1.82, 2.24) is 0 Å². The van der Waals surface area contributed by atoms with Gasteiger partial charge in [-0.2, -0.15) is 5.26 Å². The predicted octanol–water partition coefficient (Wildman–Crippen LogP) is 2.08. The molecule has 0 aliphatic rings. The maximum Gasteiger partial charge on any atom is 0.161 e. The van der Waals surface area contributed by atoms with E-state index >= 15 is 0 Å². The van der Waals surface area contributed by atoms with Crippen LogP contribution >= 0.6 is 0 Å². The van der Waals surface area contributed by atoms with Crippen molar-refractivity contribution in [3.63, 3.8) is 0 Å². The Kier molecular flexibility index (Phi) is 2.88. The predicted molar refractivity (Wildman–Crippen MR) is 52.5 cm³/mol. The largest absolute Gasteiger partial charge is 0.496 e. The quantitative estimate of drug-likeness (QED) is 0.669. The van der Waals surface area contributed by atoms with Gasteiger partial charge in [0.05, 0.1) is 18.7 Å². The van der Waals surface area contributed by atoms with Crippen molar-refractivity contribution < 1.29 is 9.53 Å². The van der Waals surface area contributed by atoms with Crippen LogP contribution < -0.4 is 4.74 Å². The Morgan fingerprint density at radius 2 is 2.14 bits per heavy atom. The van der Waals surface area contributed by atoms with E-state index in [0.717, 1.165) is 5.56 Å². The molecule has 0 heterocycles. The number of nitriles is 1. The van der Waals surface area contributed by atoms with Gasteiger partial charge in [-0.1, -0.05) is 0 Å². The highest BCUT2D eigenvalue weighted by atomic mass is 16.5. The molecule has 0 atom stereocenters. The zero-order chi connectivity index (χ0) is 10.7. The molecule has 0 aliphatic heterocycles. The second-order valence-electron chi connectivity index (χ2n) is 2.98. The molecule has 0 bridgehead atoms. The van der Waals surface area contributed by atoms with Gasteiger partial charge in [-0.15, -0.1) is 0 Å². The molecule has 1 rings (SSSR count). The summed E-state index contributed by atoms with van der Waals surface area (Å²) in [5.41, 5.74) is 1.57. The first-order valence-corrected chi connectivity index (χ1v) is 4.20. The zero-order valence-electron chi connectivity index (χ0n) is 8.42. The number of Topliss-reactive ketones (excluding diaryl/α,β-unsaturated/α-hetero) is 1. The fourth-order valence-corrected chi connectivity index (χ4v) is 1.46. The van der Waals surface area contributed by atoms with Gasteiger partial charge in [0.1, 0.15) is 5.75 Å². The van der Waals surface area contributed by atoms with Crippen LogP contribution in [0.2, 0.25) is 0 Å². The zero-order valence-corrected chi connectivity index (χ0v) is 8.42. The van der Waals surface area contributed by atoms with Crippen LogP contribution in [0.25, 0.3) is 0 Å². The molecule has 0 radical (unpaired) electrons. The maximum absolute atomic E-state index is 11.3.